The summed E-state index contributed by atoms with van der Waals surface area (Å²) in [6, 6.07) is 3.65. The zero-order valence-electron chi connectivity index (χ0n) is 6.79. The molecule has 0 aliphatic rings. The minimum atomic E-state index is -0.0601. The van der Waals surface area contributed by atoms with Gasteiger partial charge in [-0.25, -0.2) is 0 Å². The van der Waals surface area contributed by atoms with Gasteiger partial charge in [0.25, 0.3) is 0 Å². The van der Waals surface area contributed by atoms with Gasteiger partial charge in [0.1, 0.15) is 0 Å². The molecule has 0 saturated heterocycles. The molecule has 0 bridgehead atoms. The highest BCUT2D eigenvalue weighted by Crippen LogP contribution is 1.90. The fraction of sp³-hybridized carbons (Fsp3) is 0. The molecular formula is C7H10ClN5. The van der Waals surface area contributed by atoms with Crippen LogP contribution in [0.5, 0.6) is 0 Å². The Labute approximate surface area is 82.0 Å². The number of hydrogen-bond acceptors (Lipinski definition) is 3. The first-order valence-electron chi connectivity index (χ1n) is 3.31. The van der Waals surface area contributed by atoms with Crippen molar-refractivity contribution in [1.82, 2.24) is 4.98 Å². The minimum absolute atomic E-state index is 0. The van der Waals surface area contributed by atoms with Crippen LogP contribution < -0.4 is 11.5 Å². The van der Waals surface area contributed by atoms with Crippen molar-refractivity contribution in [2.24, 2.45) is 21.7 Å². The van der Waals surface area contributed by atoms with Gasteiger partial charge >= 0.3 is 0 Å². The number of hydrogen-bond donors (Lipinski definition) is 2. The van der Waals surface area contributed by atoms with Crippen molar-refractivity contribution in [1.29, 1.82) is 0 Å². The van der Waals surface area contributed by atoms with Gasteiger partial charge in [-0.15, -0.1) is 17.5 Å². The van der Waals surface area contributed by atoms with Crippen LogP contribution in [-0.4, -0.2) is 17.2 Å². The zero-order chi connectivity index (χ0) is 8.81. The molecule has 5 nitrogen and oxygen atoms in total. The Morgan fingerprint density at radius 3 is 2.77 bits per heavy atom. The van der Waals surface area contributed by atoms with E-state index in [1.165, 1.54) is 6.21 Å². The van der Waals surface area contributed by atoms with Crippen molar-refractivity contribution in [2.45, 2.75) is 0 Å². The van der Waals surface area contributed by atoms with Crippen molar-refractivity contribution in [2.75, 3.05) is 0 Å². The summed E-state index contributed by atoms with van der Waals surface area (Å²) in [4.78, 5) is 3.88. The predicted octanol–water partition coefficient (Wildman–Crippen LogP) is 0.111. The van der Waals surface area contributed by atoms with Crippen LogP contribution in [0.2, 0.25) is 0 Å². The molecule has 70 valence electrons. The van der Waals surface area contributed by atoms with Crippen molar-refractivity contribution < 1.29 is 0 Å². The minimum Gasteiger partial charge on any atom is -0.369 e. The molecule has 6 heteroatoms. The van der Waals surface area contributed by atoms with Crippen LogP contribution in [0.25, 0.3) is 0 Å². The fourth-order valence-electron chi connectivity index (χ4n) is 0.615. The smallest absolute Gasteiger partial charge is 0.211 e. The van der Waals surface area contributed by atoms with Crippen LogP contribution in [0.3, 0.4) is 0 Å². The molecule has 0 atom stereocenters. The number of aromatic nitrogens is 1. The third kappa shape index (κ3) is 4.76. The van der Waals surface area contributed by atoms with Gasteiger partial charge < -0.3 is 11.5 Å². The number of halogens is 1. The molecule has 4 N–H and O–H groups in total. The van der Waals surface area contributed by atoms with Gasteiger partial charge in [0.15, 0.2) is 0 Å². The lowest BCUT2D eigenvalue weighted by Crippen LogP contribution is -2.21. The second kappa shape index (κ2) is 5.96. The first-order valence-corrected chi connectivity index (χ1v) is 3.31. The summed E-state index contributed by atoms with van der Waals surface area (Å²) in [5.74, 6) is -0.0601. The lowest BCUT2D eigenvalue weighted by molar-refractivity contribution is 1.21. The number of guanidine groups is 1. The Morgan fingerprint density at radius 1 is 1.46 bits per heavy atom. The molecule has 0 fully saturated rings. The van der Waals surface area contributed by atoms with Crippen molar-refractivity contribution in [3.8, 4) is 0 Å². The summed E-state index contributed by atoms with van der Waals surface area (Å²) in [5.41, 5.74) is 11.0. The van der Waals surface area contributed by atoms with Gasteiger partial charge in [0.2, 0.25) is 5.96 Å². The van der Waals surface area contributed by atoms with E-state index in [0.717, 1.165) is 5.56 Å². The van der Waals surface area contributed by atoms with Gasteiger partial charge in [-0.1, -0.05) is 6.07 Å². The van der Waals surface area contributed by atoms with E-state index >= 15 is 0 Å². The van der Waals surface area contributed by atoms with Crippen molar-refractivity contribution in [3.63, 3.8) is 0 Å². The molecule has 0 amide bonds. The summed E-state index contributed by atoms with van der Waals surface area (Å²) in [6.45, 7) is 0. The van der Waals surface area contributed by atoms with Crippen LogP contribution in [-0.2, 0) is 0 Å². The van der Waals surface area contributed by atoms with E-state index in [9.17, 15) is 0 Å². The summed E-state index contributed by atoms with van der Waals surface area (Å²) in [7, 11) is 0. The molecule has 1 rings (SSSR count). The highest BCUT2D eigenvalue weighted by atomic mass is 35.5. The van der Waals surface area contributed by atoms with E-state index in [1.807, 2.05) is 6.07 Å². The van der Waals surface area contributed by atoms with Crippen LogP contribution >= 0.6 is 12.4 Å². The quantitative estimate of drug-likeness (QED) is 0.403. The number of nitrogens with zero attached hydrogens (tertiary/aromatic N) is 3. The Bertz CT molecular complexity index is 291. The maximum absolute atomic E-state index is 5.05. The maximum Gasteiger partial charge on any atom is 0.211 e. The number of nitrogens with two attached hydrogens (primary N) is 2. The average molecular weight is 200 g/mol. The van der Waals surface area contributed by atoms with E-state index in [0.29, 0.717) is 0 Å². The maximum atomic E-state index is 5.05. The Kier molecular flexibility index (Phi) is 5.22. The molecule has 0 aromatic carbocycles. The molecule has 13 heavy (non-hydrogen) atoms. The molecule has 0 saturated carbocycles. The second-order valence-corrected chi connectivity index (χ2v) is 2.06. The lowest BCUT2D eigenvalue weighted by Gasteiger charge is -1.87. The summed E-state index contributed by atoms with van der Waals surface area (Å²) < 4.78 is 0. The highest BCUT2D eigenvalue weighted by Gasteiger charge is 1.82. The number of pyridine rings is 1. The Hall–Kier alpha value is -1.62. The van der Waals surface area contributed by atoms with E-state index < -0.39 is 0 Å². The van der Waals surface area contributed by atoms with Gasteiger partial charge in [0.05, 0.1) is 6.21 Å². The van der Waals surface area contributed by atoms with Crippen LogP contribution in [0.4, 0.5) is 0 Å². The predicted molar refractivity (Wildman–Crippen MR) is 54.9 cm³/mol. The van der Waals surface area contributed by atoms with Crippen molar-refractivity contribution in [3.05, 3.63) is 30.1 Å². The Morgan fingerprint density at radius 2 is 2.23 bits per heavy atom. The van der Waals surface area contributed by atoms with Gasteiger partial charge in [-0.2, -0.15) is 5.10 Å². The molecule has 1 heterocycles. The molecule has 0 aliphatic carbocycles. The lowest BCUT2D eigenvalue weighted by atomic mass is 10.3. The second-order valence-electron chi connectivity index (χ2n) is 2.06. The molecule has 0 radical (unpaired) electrons. The third-order valence-corrected chi connectivity index (χ3v) is 1.06. The molecule has 0 spiro atoms. The summed E-state index contributed by atoms with van der Waals surface area (Å²) in [5, 5.41) is 7.05. The summed E-state index contributed by atoms with van der Waals surface area (Å²) >= 11 is 0. The fourth-order valence-corrected chi connectivity index (χ4v) is 0.615. The van der Waals surface area contributed by atoms with Gasteiger partial charge in [-0.3, -0.25) is 4.98 Å². The number of rotatable bonds is 2. The molecule has 1 aromatic rings. The highest BCUT2D eigenvalue weighted by molar-refractivity contribution is 5.85. The topological polar surface area (TPSA) is 89.7 Å². The third-order valence-electron chi connectivity index (χ3n) is 1.06. The Balaban J connectivity index is 0.00000144. The molecular weight excluding hydrogens is 190 g/mol. The molecule has 0 aliphatic heterocycles. The first kappa shape index (κ1) is 11.4. The zero-order valence-corrected chi connectivity index (χ0v) is 7.61. The summed E-state index contributed by atoms with van der Waals surface area (Å²) in [6.07, 6.45) is 4.86. The average Bonchev–Trinajstić information content (AvgIpc) is 2.05. The standard InChI is InChI=1S/C7H9N5.ClH/c8-7(9)12-11-5-6-2-1-3-10-4-6;/h1-5H,(H4,8,9,12);1H/b11-5+;. The normalized spacial score (nSPS) is 9.23. The largest absolute Gasteiger partial charge is 0.369 e. The first-order chi connectivity index (χ1) is 5.79. The monoisotopic (exact) mass is 199 g/mol. The van der Waals surface area contributed by atoms with E-state index in [4.69, 9.17) is 11.5 Å². The SMILES string of the molecule is Cl.NC(N)=N/N=C/c1cccnc1. The van der Waals surface area contributed by atoms with Crippen molar-refractivity contribution >= 4 is 24.6 Å². The molecule has 1 aromatic heterocycles. The van der Waals surface area contributed by atoms with E-state index in [1.54, 1.807) is 18.5 Å². The van der Waals surface area contributed by atoms with Crippen LogP contribution in [0, 0.1) is 0 Å². The van der Waals surface area contributed by atoms with Gasteiger partial charge in [-0.05, 0) is 6.07 Å². The van der Waals surface area contributed by atoms with E-state index in [-0.39, 0.29) is 18.4 Å². The van der Waals surface area contributed by atoms with Crippen LogP contribution in [0.15, 0.2) is 34.7 Å². The van der Waals surface area contributed by atoms with E-state index in [2.05, 4.69) is 15.2 Å². The van der Waals surface area contributed by atoms with Gasteiger partial charge in [0, 0.05) is 18.0 Å². The molecule has 0 unspecified atom stereocenters. The van der Waals surface area contributed by atoms with Crippen LogP contribution in [0.1, 0.15) is 5.56 Å².